The van der Waals surface area contributed by atoms with E-state index in [1.807, 2.05) is 48.8 Å². The van der Waals surface area contributed by atoms with Gasteiger partial charge < -0.3 is 8.98 Å². The average Bonchev–Trinajstić information content (AvgIpc) is 3.31. The summed E-state index contributed by atoms with van der Waals surface area (Å²) in [6.45, 7) is 0.817. The van der Waals surface area contributed by atoms with E-state index in [1.54, 1.807) is 18.0 Å². The molecule has 0 saturated heterocycles. The summed E-state index contributed by atoms with van der Waals surface area (Å²) in [4.78, 5) is 9.03. The van der Waals surface area contributed by atoms with E-state index in [4.69, 9.17) is 4.42 Å². The van der Waals surface area contributed by atoms with Crippen LogP contribution in [0.25, 0.3) is 11.5 Å². The molecule has 4 nitrogen and oxygen atoms in total. The summed E-state index contributed by atoms with van der Waals surface area (Å²) in [5, 5.41) is 0.980. The van der Waals surface area contributed by atoms with Crippen molar-refractivity contribution in [1.82, 2.24) is 14.5 Å². The minimum atomic E-state index is 0.656. The van der Waals surface area contributed by atoms with Crippen LogP contribution in [0.2, 0.25) is 0 Å². The molecule has 0 N–H and O–H groups in total. The number of hydrogen-bond donors (Lipinski definition) is 0. The Labute approximate surface area is 150 Å². The summed E-state index contributed by atoms with van der Waals surface area (Å²) in [7, 11) is 0. The summed E-state index contributed by atoms with van der Waals surface area (Å²) in [5.74, 6) is 1.38. The van der Waals surface area contributed by atoms with Crippen molar-refractivity contribution in [3.8, 4) is 11.5 Å². The summed E-state index contributed by atoms with van der Waals surface area (Å²) in [5.41, 5.74) is 3.16. The molecule has 0 aliphatic carbocycles. The molecule has 0 amide bonds. The Morgan fingerprint density at radius 3 is 2.52 bits per heavy atom. The lowest BCUT2D eigenvalue weighted by Gasteiger charge is -2.06. The Hall–Kier alpha value is -2.79. The molecule has 0 bridgehead atoms. The van der Waals surface area contributed by atoms with Gasteiger partial charge in [0.05, 0.1) is 5.69 Å². The maximum absolute atomic E-state index is 5.59. The normalized spacial score (nSPS) is 10.9. The van der Waals surface area contributed by atoms with Crippen molar-refractivity contribution in [3.63, 3.8) is 0 Å². The summed E-state index contributed by atoms with van der Waals surface area (Å²) >= 11 is 1.66. The van der Waals surface area contributed by atoms with Crippen molar-refractivity contribution >= 4 is 11.8 Å². The lowest BCUT2D eigenvalue weighted by molar-refractivity contribution is 0.573. The van der Waals surface area contributed by atoms with Crippen LogP contribution in [-0.4, -0.2) is 14.5 Å². The number of imidazole rings is 1. The zero-order valence-electron chi connectivity index (χ0n) is 13.6. The van der Waals surface area contributed by atoms with E-state index in [2.05, 4.69) is 38.8 Å². The molecular formula is C20H17N3OS. The van der Waals surface area contributed by atoms with Crippen LogP contribution >= 0.6 is 11.8 Å². The molecule has 0 spiro atoms. The van der Waals surface area contributed by atoms with Gasteiger partial charge in [-0.25, -0.2) is 9.97 Å². The lowest BCUT2D eigenvalue weighted by atomic mass is 10.2. The van der Waals surface area contributed by atoms with Crippen LogP contribution in [0.15, 0.2) is 88.9 Å². The third-order valence-electron chi connectivity index (χ3n) is 3.79. The molecule has 4 rings (SSSR count). The Kier molecular flexibility index (Phi) is 4.65. The van der Waals surface area contributed by atoms with Crippen LogP contribution in [0.5, 0.6) is 0 Å². The predicted octanol–water partition coefficient (Wildman–Crippen LogP) is 4.88. The number of oxazole rings is 1. The van der Waals surface area contributed by atoms with Gasteiger partial charge in [0, 0.05) is 30.3 Å². The van der Waals surface area contributed by atoms with Gasteiger partial charge in [-0.3, -0.25) is 0 Å². The maximum Gasteiger partial charge on any atom is 0.226 e. The molecule has 4 aromatic rings. The third-order valence-corrected chi connectivity index (χ3v) is 4.83. The van der Waals surface area contributed by atoms with E-state index in [1.165, 1.54) is 5.56 Å². The lowest BCUT2D eigenvalue weighted by Crippen LogP contribution is -2.00. The van der Waals surface area contributed by atoms with E-state index in [9.17, 15) is 0 Å². The van der Waals surface area contributed by atoms with Gasteiger partial charge in [-0.2, -0.15) is 0 Å². The topological polar surface area (TPSA) is 43.9 Å². The largest absolute Gasteiger partial charge is 0.444 e. The molecule has 0 aliphatic rings. The minimum absolute atomic E-state index is 0.656. The smallest absolute Gasteiger partial charge is 0.226 e. The fourth-order valence-corrected chi connectivity index (χ4v) is 3.40. The minimum Gasteiger partial charge on any atom is -0.444 e. The van der Waals surface area contributed by atoms with E-state index in [0.29, 0.717) is 5.89 Å². The Morgan fingerprint density at radius 1 is 0.960 bits per heavy atom. The molecule has 25 heavy (non-hydrogen) atoms. The third kappa shape index (κ3) is 3.83. The van der Waals surface area contributed by atoms with E-state index in [-0.39, 0.29) is 0 Å². The SMILES string of the molecule is c1ccc(Cn2ccnc2SCc2coc(-c3ccccc3)n2)cc1. The number of thioether (sulfide) groups is 1. The van der Waals surface area contributed by atoms with Gasteiger partial charge in [0.2, 0.25) is 5.89 Å². The van der Waals surface area contributed by atoms with E-state index in [0.717, 1.165) is 28.7 Å². The van der Waals surface area contributed by atoms with E-state index < -0.39 is 0 Å². The molecule has 2 aromatic carbocycles. The molecule has 124 valence electrons. The van der Waals surface area contributed by atoms with Crippen molar-refractivity contribution in [1.29, 1.82) is 0 Å². The van der Waals surface area contributed by atoms with Crippen molar-refractivity contribution in [2.45, 2.75) is 17.5 Å². The monoisotopic (exact) mass is 347 g/mol. The summed E-state index contributed by atoms with van der Waals surface area (Å²) < 4.78 is 7.75. The van der Waals surface area contributed by atoms with Crippen molar-refractivity contribution in [2.24, 2.45) is 0 Å². The summed E-state index contributed by atoms with van der Waals surface area (Å²) in [6, 6.07) is 20.3. The van der Waals surface area contributed by atoms with Crippen molar-refractivity contribution in [2.75, 3.05) is 0 Å². The molecule has 0 aliphatic heterocycles. The first-order valence-corrected chi connectivity index (χ1v) is 9.05. The predicted molar refractivity (Wildman–Crippen MR) is 99.3 cm³/mol. The fourth-order valence-electron chi connectivity index (χ4n) is 2.56. The number of aromatic nitrogens is 3. The summed E-state index contributed by atoms with van der Waals surface area (Å²) in [6.07, 6.45) is 5.57. The number of benzene rings is 2. The number of rotatable bonds is 6. The van der Waals surface area contributed by atoms with Crippen LogP contribution in [0, 0.1) is 0 Å². The van der Waals surface area contributed by atoms with Crippen LogP contribution in [0.4, 0.5) is 0 Å². The highest BCUT2D eigenvalue weighted by Crippen LogP contribution is 2.24. The Morgan fingerprint density at radius 2 is 1.72 bits per heavy atom. The average molecular weight is 347 g/mol. The van der Waals surface area contributed by atoms with Crippen LogP contribution < -0.4 is 0 Å². The van der Waals surface area contributed by atoms with Gasteiger partial charge in [-0.1, -0.05) is 60.3 Å². The second-order valence-corrected chi connectivity index (χ2v) is 6.56. The molecule has 2 aromatic heterocycles. The molecule has 0 atom stereocenters. The van der Waals surface area contributed by atoms with Crippen LogP contribution in [0.1, 0.15) is 11.3 Å². The van der Waals surface area contributed by atoms with Crippen molar-refractivity contribution in [3.05, 3.63) is 90.6 Å². The zero-order valence-corrected chi connectivity index (χ0v) is 14.4. The first-order chi connectivity index (χ1) is 12.4. The van der Waals surface area contributed by atoms with Gasteiger partial charge >= 0.3 is 0 Å². The Bertz CT molecular complexity index is 932. The van der Waals surface area contributed by atoms with E-state index >= 15 is 0 Å². The second kappa shape index (κ2) is 7.40. The maximum atomic E-state index is 5.59. The van der Waals surface area contributed by atoms with Gasteiger partial charge in [-0.15, -0.1) is 0 Å². The van der Waals surface area contributed by atoms with Gasteiger partial charge in [0.15, 0.2) is 5.16 Å². The standard InChI is InChI=1S/C20H17N3OS/c1-3-7-16(8-4-1)13-23-12-11-21-20(23)25-15-18-14-24-19(22-18)17-9-5-2-6-10-17/h1-12,14H,13,15H2. The van der Waals surface area contributed by atoms with Gasteiger partial charge in [-0.05, 0) is 17.7 Å². The molecule has 2 heterocycles. The first kappa shape index (κ1) is 15.7. The van der Waals surface area contributed by atoms with Crippen LogP contribution in [-0.2, 0) is 12.3 Å². The van der Waals surface area contributed by atoms with Gasteiger partial charge in [0.25, 0.3) is 0 Å². The molecule has 0 fully saturated rings. The Balaban J connectivity index is 1.43. The second-order valence-electron chi connectivity index (χ2n) is 5.62. The highest BCUT2D eigenvalue weighted by molar-refractivity contribution is 7.98. The van der Waals surface area contributed by atoms with Gasteiger partial charge in [0.1, 0.15) is 6.26 Å². The highest BCUT2D eigenvalue weighted by atomic mass is 32.2. The fraction of sp³-hybridized carbons (Fsp3) is 0.100. The zero-order chi connectivity index (χ0) is 16.9. The highest BCUT2D eigenvalue weighted by Gasteiger charge is 2.09. The number of nitrogens with zero attached hydrogens (tertiary/aromatic N) is 3. The molecule has 0 radical (unpaired) electrons. The van der Waals surface area contributed by atoms with Crippen molar-refractivity contribution < 1.29 is 4.42 Å². The number of hydrogen-bond acceptors (Lipinski definition) is 4. The molecular weight excluding hydrogens is 330 g/mol. The molecule has 0 saturated carbocycles. The quantitative estimate of drug-likeness (QED) is 0.466. The molecule has 0 unspecified atom stereocenters. The first-order valence-electron chi connectivity index (χ1n) is 8.06. The molecule has 5 heteroatoms. The van der Waals surface area contributed by atoms with Crippen LogP contribution in [0.3, 0.4) is 0 Å².